The molecule has 15 heteroatoms. The highest BCUT2D eigenvalue weighted by atomic mass is 32.1. The van der Waals surface area contributed by atoms with Gasteiger partial charge in [0.1, 0.15) is 24.7 Å². The van der Waals surface area contributed by atoms with Crippen LogP contribution in [0.15, 0.2) is 66.9 Å². The highest BCUT2D eigenvalue weighted by molar-refractivity contribution is 7.22. The molecule has 1 aliphatic rings. The van der Waals surface area contributed by atoms with Crippen LogP contribution in [0.5, 0.6) is 5.75 Å². The molecule has 3 heterocycles. The predicted octanol–water partition coefficient (Wildman–Crippen LogP) is 2.78. The maximum atomic E-state index is 13.7. The smallest absolute Gasteiger partial charge is 0.333 e. The third kappa shape index (κ3) is 6.91. The average molecular weight is 667 g/mol. The van der Waals surface area contributed by atoms with Crippen molar-refractivity contribution in [2.75, 3.05) is 32.5 Å². The number of methoxy groups -OCH3 is 1. The van der Waals surface area contributed by atoms with Crippen LogP contribution >= 0.6 is 11.3 Å². The minimum atomic E-state index is -0.841. The number of thiazole rings is 1. The Hall–Kier alpha value is -5.56. The van der Waals surface area contributed by atoms with Crippen LogP contribution in [0.3, 0.4) is 0 Å². The van der Waals surface area contributed by atoms with E-state index in [1.807, 2.05) is 48.5 Å². The molecule has 3 aromatic carbocycles. The standard InChI is InChI=1S/C33H34N10O4S/c1-47-26-8-5-21(6-9-26)15-37-33(46)41(12-11-34)42-19-30(45)43(25(20-44)14-22-7-10-27-24(13-22)17-38-40-27)29(42)18-36-16-23-3-2-4-28-31(23)39-32(35)48-28/h2-10,13,17,20,25,29,36H,12,14-16,18-19H2,1H3,(H2,35,39)(H,37,46)(H,38,40)/t25-,29+/m0/s1. The van der Waals surface area contributed by atoms with E-state index in [2.05, 4.69) is 31.9 Å². The van der Waals surface area contributed by atoms with Crippen molar-refractivity contribution in [1.29, 1.82) is 5.26 Å². The summed E-state index contributed by atoms with van der Waals surface area (Å²) < 4.78 is 6.16. The van der Waals surface area contributed by atoms with Gasteiger partial charge in [-0.1, -0.05) is 41.7 Å². The van der Waals surface area contributed by atoms with Crippen molar-refractivity contribution in [3.63, 3.8) is 0 Å². The lowest BCUT2D eigenvalue weighted by molar-refractivity contribution is -0.134. The van der Waals surface area contributed by atoms with E-state index in [0.717, 1.165) is 44.1 Å². The van der Waals surface area contributed by atoms with Gasteiger partial charge < -0.3 is 30.8 Å². The van der Waals surface area contributed by atoms with Gasteiger partial charge in [0.25, 0.3) is 0 Å². The molecule has 2 aromatic heterocycles. The normalized spacial score (nSPS) is 15.5. The van der Waals surface area contributed by atoms with Crippen LogP contribution in [0.2, 0.25) is 0 Å². The Morgan fingerprint density at radius 2 is 2.04 bits per heavy atom. The summed E-state index contributed by atoms with van der Waals surface area (Å²) in [4.78, 5) is 46.0. The molecule has 246 valence electrons. The first kappa shape index (κ1) is 32.4. The van der Waals surface area contributed by atoms with Gasteiger partial charge in [-0.15, -0.1) is 0 Å². The second kappa shape index (κ2) is 14.5. The first-order valence-electron chi connectivity index (χ1n) is 15.2. The van der Waals surface area contributed by atoms with Crippen molar-refractivity contribution in [2.24, 2.45) is 0 Å². The molecule has 3 amide bonds. The molecule has 0 unspecified atom stereocenters. The summed E-state index contributed by atoms with van der Waals surface area (Å²) >= 11 is 1.40. The van der Waals surface area contributed by atoms with Gasteiger partial charge in [0.15, 0.2) is 5.13 Å². The monoisotopic (exact) mass is 666 g/mol. The minimum Gasteiger partial charge on any atom is -0.497 e. The molecule has 0 radical (unpaired) electrons. The van der Waals surface area contributed by atoms with Crippen molar-refractivity contribution < 1.29 is 19.1 Å². The molecule has 0 spiro atoms. The molecule has 1 saturated heterocycles. The van der Waals surface area contributed by atoms with Crippen molar-refractivity contribution in [3.8, 4) is 11.8 Å². The van der Waals surface area contributed by atoms with Gasteiger partial charge in [0.05, 0.1) is 47.7 Å². The van der Waals surface area contributed by atoms with Gasteiger partial charge in [0.2, 0.25) is 5.91 Å². The number of H-pyrrole nitrogens is 1. The molecule has 48 heavy (non-hydrogen) atoms. The summed E-state index contributed by atoms with van der Waals surface area (Å²) in [6, 6.07) is 19.4. The molecule has 1 aliphatic heterocycles. The van der Waals surface area contributed by atoms with Crippen LogP contribution in [0.1, 0.15) is 16.7 Å². The number of aromatic nitrogens is 3. The summed E-state index contributed by atoms with van der Waals surface area (Å²) in [5, 5.41) is 27.1. The number of fused-ring (bicyclic) bond motifs is 2. The number of benzene rings is 3. The fourth-order valence-electron chi connectivity index (χ4n) is 5.92. The molecular formula is C33H34N10O4S. The number of nitriles is 1. The molecule has 6 rings (SSSR count). The van der Waals surface area contributed by atoms with E-state index in [1.54, 1.807) is 30.4 Å². The van der Waals surface area contributed by atoms with Gasteiger partial charge in [-0.2, -0.15) is 15.4 Å². The zero-order valence-electron chi connectivity index (χ0n) is 26.1. The molecule has 0 saturated carbocycles. The Balaban J connectivity index is 1.25. The van der Waals surface area contributed by atoms with Crippen LogP contribution in [0.25, 0.3) is 21.1 Å². The van der Waals surface area contributed by atoms with Crippen LogP contribution in [0, 0.1) is 11.3 Å². The predicted molar refractivity (Wildman–Crippen MR) is 180 cm³/mol. The first-order chi connectivity index (χ1) is 23.4. The maximum absolute atomic E-state index is 13.7. The van der Waals surface area contributed by atoms with Crippen LogP contribution in [-0.2, 0) is 29.1 Å². The Bertz CT molecular complexity index is 1970. The number of nitrogens with zero attached hydrogens (tertiary/aromatic N) is 6. The summed E-state index contributed by atoms with van der Waals surface area (Å²) in [6.07, 6.45) is 1.93. The number of nitrogen functional groups attached to an aromatic ring is 1. The third-order valence-corrected chi connectivity index (χ3v) is 9.09. The van der Waals surface area contributed by atoms with Crippen molar-refractivity contribution in [1.82, 2.24) is 40.7 Å². The number of hydrogen-bond donors (Lipinski definition) is 4. The molecule has 0 bridgehead atoms. The van der Waals surface area contributed by atoms with Crippen LogP contribution < -0.4 is 21.1 Å². The van der Waals surface area contributed by atoms with Gasteiger partial charge in [-0.05, 0) is 53.4 Å². The Morgan fingerprint density at radius 3 is 2.81 bits per heavy atom. The topological polar surface area (TPSA) is 186 Å². The number of nitrogens with one attached hydrogen (secondary N) is 3. The van der Waals surface area contributed by atoms with E-state index >= 15 is 0 Å². The number of anilines is 1. The number of carbonyl (C=O) groups excluding carboxylic acids is 3. The molecule has 0 aliphatic carbocycles. The van der Waals surface area contributed by atoms with E-state index in [4.69, 9.17) is 10.5 Å². The quantitative estimate of drug-likeness (QED) is 0.108. The van der Waals surface area contributed by atoms with Gasteiger partial charge in [0, 0.05) is 25.0 Å². The Morgan fingerprint density at radius 1 is 1.23 bits per heavy atom. The SMILES string of the molecule is COc1ccc(CNC(=O)N(CC#N)N2CC(=O)N([C@H](C=O)Cc3ccc4[nH]ncc4c3)[C@@H]2CNCc2cccc3sc(N)nc23)cc1. The second-order valence-corrected chi connectivity index (χ2v) is 12.3. The van der Waals surface area contributed by atoms with Gasteiger partial charge >= 0.3 is 6.03 Å². The lowest BCUT2D eigenvalue weighted by atomic mass is 10.0. The number of amides is 3. The number of hydrogen-bond acceptors (Lipinski definition) is 11. The van der Waals surface area contributed by atoms with Crippen LogP contribution in [-0.4, -0.2) is 87.3 Å². The molecule has 14 nitrogen and oxygen atoms in total. The van der Waals surface area contributed by atoms with E-state index in [9.17, 15) is 19.6 Å². The highest BCUT2D eigenvalue weighted by Gasteiger charge is 2.45. The van der Waals surface area contributed by atoms with Crippen molar-refractivity contribution in [2.45, 2.75) is 31.7 Å². The number of carbonyl (C=O) groups is 3. The Kier molecular flexibility index (Phi) is 9.76. The lowest BCUT2D eigenvalue weighted by Gasteiger charge is -2.38. The van der Waals surface area contributed by atoms with E-state index in [-0.39, 0.29) is 38.5 Å². The number of rotatable bonds is 13. The fraction of sp³-hybridized carbons (Fsp3) is 0.273. The second-order valence-electron chi connectivity index (χ2n) is 11.2. The highest BCUT2D eigenvalue weighted by Crippen LogP contribution is 2.27. The molecular weight excluding hydrogens is 632 g/mol. The van der Waals surface area contributed by atoms with Gasteiger partial charge in [-0.3, -0.25) is 9.89 Å². The fourth-order valence-corrected chi connectivity index (χ4v) is 6.71. The van der Waals surface area contributed by atoms with Crippen molar-refractivity contribution >= 4 is 55.8 Å². The third-order valence-electron chi connectivity index (χ3n) is 8.24. The lowest BCUT2D eigenvalue weighted by Crippen LogP contribution is -2.58. The summed E-state index contributed by atoms with van der Waals surface area (Å²) in [5.41, 5.74) is 10.2. The number of nitrogens with two attached hydrogens (primary N) is 1. The number of hydrazine groups is 1. The molecule has 5 aromatic rings. The minimum absolute atomic E-state index is 0.181. The summed E-state index contributed by atoms with van der Waals surface area (Å²) in [6.45, 7) is 0.241. The first-order valence-corrected chi connectivity index (χ1v) is 16.0. The van der Waals surface area contributed by atoms with Crippen molar-refractivity contribution in [3.05, 3.63) is 83.6 Å². The van der Waals surface area contributed by atoms with E-state index in [1.165, 1.54) is 21.2 Å². The number of aldehydes is 1. The number of aromatic amines is 1. The number of urea groups is 1. The van der Waals surface area contributed by atoms with Crippen LogP contribution in [0.4, 0.5) is 9.93 Å². The summed E-state index contributed by atoms with van der Waals surface area (Å²) in [7, 11) is 1.57. The average Bonchev–Trinajstić information content (AvgIpc) is 3.81. The number of ether oxygens (including phenoxy) is 1. The molecule has 5 N–H and O–H groups in total. The maximum Gasteiger partial charge on any atom is 0.333 e. The van der Waals surface area contributed by atoms with E-state index < -0.39 is 18.2 Å². The zero-order valence-corrected chi connectivity index (χ0v) is 26.9. The largest absolute Gasteiger partial charge is 0.497 e. The van der Waals surface area contributed by atoms with Gasteiger partial charge in [-0.25, -0.2) is 14.8 Å². The zero-order chi connectivity index (χ0) is 33.6. The molecule has 2 atom stereocenters. The number of para-hydroxylation sites is 1. The Labute approximate surface area is 280 Å². The van der Waals surface area contributed by atoms with E-state index in [0.29, 0.717) is 17.4 Å². The summed E-state index contributed by atoms with van der Waals surface area (Å²) in [5.74, 6) is 0.342. The molecule has 1 fully saturated rings.